The normalized spacial score (nSPS) is 13.3. The second-order valence-electron chi connectivity index (χ2n) is 12.8. The van der Waals surface area contributed by atoms with E-state index in [1.807, 2.05) is 18.2 Å². The Balaban J connectivity index is 0.000000251. The molecule has 2 aromatic heterocycles. The van der Waals surface area contributed by atoms with Gasteiger partial charge < -0.3 is 9.97 Å². The fraction of sp³-hybridized carbons (Fsp3) is 0.263. The standard InChI is InChI=1S/C20H28NSi.C18H12F2N.Ir/c1-15(20(2,3)4)17-13-18(16-11-9-8-10-12-16)21-14-19(17)22(5,6)7;1-12-10-17(13-6-3-2-4-7-13)21-11-14(12)18-15(19)8-5-9-16(18)20;/h8-11,13-15H,1-7H3;2-6,8-11H,1H3;/q2*-1;/i;1D3;. The van der Waals surface area contributed by atoms with Gasteiger partial charge in [-0.2, -0.15) is 0 Å². The second kappa shape index (κ2) is 14.6. The van der Waals surface area contributed by atoms with E-state index in [1.54, 1.807) is 24.3 Å². The molecule has 0 spiro atoms. The van der Waals surface area contributed by atoms with Crippen LogP contribution in [0.3, 0.4) is 0 Å². The van der Waals surface area contributed by atoms with Gasteiger partial charge in [-0.3, -0.25) is 0 Å². The van der Waals surface area contributed by atoms with Gasteiger partial charge >= 0.3 is 0 Å². The Kier molecular flexibility index (Phi) is 10.2. The molecule has 0 aliphatic carbocycles. The Morgan fingerprint density at radius 3 is 1.82 bits per heavy atom. The van der Waals surface area contributed by atoms with E-state index in [0.717, 1.165) is 23.4 Å². The van der Waals surface area contributed by atoms with Gasteiger partial charge in [-0.25, -0.2) is 8.78 Å². The molecule has 0 saturated carbocycles. The van der Waals surface area contributed by atoms with Crippen LogP contribution in [-0.4, -0.2) is 18.0 Å². The average Bonchev–Trinajstić information content (AvgIpc) is 3.00. The molecule has 0 aliphatic rings. The first-order chi connectivity index (χ1) is 21.5. The molecule has 231 valence electrons. The van der Waals surface area contributed by atoms with Gasteiger partial charge in [0, 0.05) is 42.2 Å². The molecule has 2 nitrogen and oxygen atoms in total. The first-order valence-corrected chi connectivity index (χ1v) is 17.9. The van der Waals surface area contributed by atoms with Crippen molar-refractivity contribution < 1.29 is 33.0 Å². The Morgan fingerprint density at radius 1 is 0.795 bits per heavy atom. The molecule has 5 aromatic rings. The minimum Gasteiger partial charge on any atom is -0.305 e. The van der Waals surface area contributed by atoms with Crippen LogP contribution in [0.5, 0.6) is 0 Å². The third kappa shape index (κ3) is 8.44. The summed E-state index contributed by atoms with van der Waals surface area (Å²) in [5, 5.41) is 1.48. The van der Waals surface area contributed by atoms with Crippen LogP contribution in [0.15, 0.2) is 91.3 Å². The van der Waals surface area contributed by atoms with Crippen LogP contribution < -0.4 is 5.19 Å². The predicted octanol–water partition coefficient (Wildman–Crippen LogP) is 10.0. The second-order valence-corrected chi connectivity index (χ2v) is 17.8. The van der Waals surface area contributed by atoms with Gasteiger partial charge in [-0.15, -0.1) is 71.8 Å². The van der Waals surface area contributed by atoms with E-state index in [-0.39, 0.29) is 42.2 Å². The summed E-state index contributed by atoms with van der Waals surface area (Å²) in [7, 11) is -1.42. The van der Waals surface area contributed by atoms with Crippen molar-refractivity contribution in [3.05, 3.63) is 126 Å². The maximum absolute atomic E-state index is 14.1. The first-order valence-electron chi connectivity index (χ1n) is 15.9. The molecule has 1 unspecified atom stereocenters. The summed E-state index contributed by atoms with van der Waals surface area (Å²) in [6.07, 6.45) is 3.32. The Morgan fingerprint density at radius 2 is 1.34 bits per heavy atom. The topological polar surface area (TPSA) is 25.8 Å². The van der Waals surface area contributed by atoms with Crippen molar-refractivity contribution in [2.75, 3.05) is 0 Å². The van der Waals surface area contributed by atoms with Crippen molar-refractivity contribution >= 4 is 13.3 Å². The maximum atomic E-state index is 14.1. The summed E-state index contributed by atoms with van der Waals surface area (Å²) in [6.45, 7) is 14.0. The van der Waals surface area contributed by atoms with E-state index in [9.17, 15) is 8.78 Å². The molecule has 0 bridgehead atoms. The molecule has 1 atom stereocenters. The Hall–Kier alpha value is -3.31. The average molecular weight is 786 g/mol. The minimum absolute atomic E-state index is 0. The fourth-order valence-corrected chi connectivity index (χ4v) is 6.34. The largest absolute Gasteiger partial charge is 0.305 e. The van der Waals surface area contributed by atoms with E-state index >= 15 is 0 Å². The third-order valence-electron chi connectivity index (χ3n) is 7.62. The van der Waals surface area contributed by atoms with Crippen LogP contribution >= 0.6 is 0 Å². The maximum Gasteiger partial charge on any atom is 0.134 e. The van der Waals surface area contributed by atoms with Gasteiger partial charge in [0.25, 0.3) is 0 Å². The number of rotatable bonds is 5. The number of aromatic nitrogens is 2. The Bertz CT molecular complexity index is 1770. The van der Waals surface area contributed by atoms with Gasteiger partial charge in [0.1, 0.15) is 11.6 Å². The summed E-state index contributed by atoms with van der Waals surface area (Å²) < 4.78 is 51.3. The van der Waals surface area contributed by atoms with E-state index in [1.165, 1.54) is 29.1 Å². The monoisotopic (exact) mass is 786 g/mol. The molecular formula is C38H40F2IrN2Si-2. The summed E-state index contributed by atoms with van der Waals surface area (Å²) in [5.41, 5.74) is 4.17. The summed E-state index contributed by atoms with van der Waals surface area (Å²) >= 11 is 0. The van der Waals surface area contributed by atoms with Gasteiger partial charge in [0.05, 0.1) is 13.6 Å². The molecule has 44 heavy (non-hydrogen) atoms. The van der Waals surface area contributed by atoms with Crippen molar-refractivity contribution in [1.29, 1.82) is 0 Å². The summed E-state index contributed by atoms with van der Waals surface area (Å²) in [6, 6.07) is 28.3. The minimum atomic E-state index is -2.55. The zero-order valence-corrected chi connectivity index (χ0v) is 29.6. The first kappa shape index (κ1) is 30.7. The van der Waals surface area contributed by atoms with Crippen molar-refractivity contribution in [3.63, 3.8) is 0 Å². The molecule has 0 aliphatic heterocycles. The SMILES string of the molecule is CC(c1cc(-c2[c-]cccc2)ncc1[Si](C)(C)C)C(C)(C)C.[2H]C([2H])([2H])c1cc(-c2[c-]cccc2)ncc1-c1c(F)cccc1F.[Ir]. The van der Waals surface area contributed by atoms with Crippen LogP contribution in [0.4, 0.5) is 8.78 Å². The van der Waals surface area contributed by atoms with E-state index in [0.29, 0.717) is 17.2 Å². The van der Waals surface area contributed by atoms with Gasteiger partial charge in [0.2, 0.25) is 0 Å². The summed E-state index contributed by atoms with van der Waals surface area (Å²) in [4.78, 5) is 8.91. The zero-order valence-electron chi connectivity index (χ0n) is 29.2. The molecule has 0 fully saturated rings. The van der Waals surface area contributed by atoms with Crippen LogP contribution in [0.2, 0.25) is 19.6 Å². The number of pyridine rings is 2. The molecule has 3 aromatic carbocycles. The molecule has 2 heterocycles. The predicted molar refractivity (Wildman–Crippen MR) is 178 cm³/mol. The number of benzene rings is 3. The molecule has 6 heteroatoms. The third-order valence-corrected chi connectivity index (χ3v) is 9.65. The molecular weight excluding hydrogens is 743 g/mol. The van der Waals surface area contributed by atoms with Gasteiger partial charge in [-0.1, -0.05) is 71.1 Å². The number of halogens is 2. The van der Waals surface area contributed by atoms with Crippen molar-refractivity contribution in [2.45, 2.75) is 60.1 Å². The quantitative estimate of drug-likeness (QED) is 0.131. The van der Waals surface area contributed by atoms with Gasteiger partial charge in [-0.05, 0) is 52.5 Å². The zero-order chi connectivity index (χ0) is 33.9. The molecule has 1 radical (unpaired) electrons. The molecule has 0 saturated heterocycles. The van der Waals surface area contributed by atoms with E-state index in [2.05, 4.69) is 82.8 Å². The number of hydrogen-bond acceptors (Lipinski definition) is 2. The van der Waals surface area contributed by atoms with Crippen LogP contribution in [-0.2, 0) is 20.1 Å². The smallest absolute Gasteiger partial charge is 0.134 e. The van der Waals surface area contributed by atoms with Gasteiger partial charge in [0.15, 0.2) is 0 Å². The molecule has 5 rings (SSSR count). The van der Waals surface area contributed by atoms with Crippen LogP contribution in [0, 0.1) is 36.0 Å². The Labute approximate surface area is 280 Å². The summed E-state index contributed by atoms with van der Waals surface area (Å²) in [5.74, 6) is -1.16. The number of aryl methyl sites for hydroxylation is 1. The van der Waals surface area contributed by atoms with Crippen molar-refractivity contribution in [3.8, 4) is 33.6 Å². The molecule has 0 N–H and O–H groups in total. The number of hydrogen-bond donors (Lipinski definition) is 0. The van der Waals surface area contributed by atoms with Crippen molar-refractivity contribution in [2.24, 2.45) is 5.41 Å². The van der Waals surface area contributed by atoms with E-state index in [4.69, 9.17) is 9.10 Å². The van der Waals surface area contributed by atoms with Crippen LogP contribution in [0.1, 0.15) is 48.9 Å². The van der Waals surface area contributed by atoms with Crippen molar-refractivity contribution in [1.82, 2.24) is 9.97 Å². The molecule has 0 amide bonds. The number of nitrogens with zero attached hydrogens (tertiary/aromatic N) is 2. The van der Waals surface area contributed by atoms with E-state index < -0.39 is 26.6 Å². The van der Waals surface area contributed by atoms with Crippen LogP contribution in [0.25, 0.3) is 33.6 Å². The fourth-order valence-electron chi connectivity index (χ4n) is 4.73.